The average molecular weight is 2250 g/mol. The summed E-state index contributed by atoms with van der Waals surface area (Å²) >= 11 is 85.3. The molecule has 0 bridgehead atoms. The van der Waals surface area contributed by atoms with Crippen LogP contribution in [0.2, 0.25) is 70.3 Å². The molecule has 0 saturated carbocycles. The van der Waals surface area contributed by atoms with Gasteiger partial charge in [0.25, 0.3) is 0 Å². The molecule has 24 nitrogen and oxygen atoms in total. The van der Waals surface area contributed by atoms with Crippen LogP contribution in [0.4, 0.5) is 26.0 Å². The zero-order chi connectivity index (χ0) is 99.9. The molecule has 135 heavy (non-hydrogen) atoms. The maximum Gasteiger partial charge on any atom is 0.302 e. The van der Waals surface area contributed by atoms with E-state index in [2.05, 4.69) is 64.3 Å². The van der Waals surface area contributed by atoms with Crippen molar-refractivity contribution in [3.63, 3.8) is 0 Å². The van der Waals surface area contributed by atoms with E-state index in [0.29, 0.717) is 141 Å². The van der Waals surface area contributed by atoms with E-state index in [-0.39, 0.29) is 85.8 Å². The van der Waals surface area contributed by atoms with Crippen molar-refractivity contribution in [1.29, 1.82) is 10.5 Å². The van der Waals surface area contributed by atoms with E-state index in [0.717, 1.165) is 54.9 Å². The molecule has 0 aliphatic rings. The zero-order valence-corrected chi connectivity index (χ0v) is 86.8. The van der Waals surface area contributed by atoms with Crippen molar-refractivity contribution in [2.75, 3.05) is 23.5 Å². The van der Waals surface area contributed by atoms with Crippen molar-refractivity contribution in [2.45, 2.75) is 114 Å². The number of nitrogens with two attached hydrogens (primary N) is 4. The second-order valence-electron chi connectivity index (χ2n) is 27.9. The number of carbonyl (C=O) groups is 4. The van der Waals surface area contributed by atoms with Crippen LogP contribution in [0.1, 0.15) is 108 Å². The quantitative estimate of drug-likeness (QED) is 0.0138. The number of carbonyl (C=O) groups excluding carboxylic acids is 4. The molecule has 5 heterocycles. The van der Waals surface area contributed by atoms with Gasteiger partial charge in [0.05, 0.1) is 177 Å². The summed E-state index contributed by atoms with van der Waals surface area (Å²) in [6.07, 6.45) is 1.17. The van der Waals surface area contributed by atoms with E-state index in [4.69, 9.17) is 206 Å². The number of ether oxygens (including phenoxy) is 1. The molecule has 0 aliphatic heterocycles. The molecule has 14 rings (SSSR count). The summed E-state index contributed by atoms with van der Waals surface area (Å²) in [7, 11) is 0. The Hall–Kier alpha value is -9.33. The van der Waals surface area contributed by atoms with Gasteiger partial charge in [-0.2, -0.15) is 36.0 Å². The molecule has 42 heteroatoms. The number of benzene rings is 9. The van der Waals surface area contributed by atoms with Crippen LogP contribution >= 0.6 is 197 Å². The standard InChI is InChI=1S/C21H19Cl2FN2O2.C11H11Cl2N3.C11H7Cl2N3.C10H7Cl2IN2.C10H9Cl2N3.C10H11FO2.C6H6Cl2N2.C6H5Cl2N.C4H5NO.C4H8O2.ClH/c1-13-9-16(26(25-13)20-4-2-3-18(22)21(20)23)7-8-17(28)10-14-5-6-15(12-27)19(24)11-14;2*1-7-5-8(6-14)16(15-7)10-4-2-3-9(12)11(10)13;2*1-6-5-9(13)15(14-6)8-4-2-3-7(11)10(8)12;1-7(13)4-8-2-3-9(6-12)10(11)5-8;7-4-2-1-3-5(10-9)6(4)8;7-4-2-1-3-5(9)6(4)8;1-4(6)2-3-5;1-3-6-4(2)5;/h2-6,9,11,27H,7-8,10,12H2,1H3;2-5H,6,14H2,1H3;2-5H,1H3;2-5H,1H3;2-5H,13H2,1H3;2-3,5,12H,4,6H2,1H3;1-3,10H,9H2;1-3H,9H2;2H2,1H3;3H2,1-2H3;1H. The van der Waals surface area contributed by atoms with Crippen molar-refractivity contribution < 1.29 is 42.9 Å². The Morgan fingerprint density at radius 2 is 0.822 bits per heavy atom. The zero-order valence-electron chi connectivity index (χ0n) is 73.3. The first-order valence-electron chi connectivity index (χ1n) is 39.4. The van der Waals surface area contributed by atoms with E-state index in [1.807, 2.05) is 89.2 Å². The summed E-state index contributed by atoms with van der Waals surface area (Å²) in [6, 6.07) is 59.1. The molecule has 0 radical (unpaired) electrons. The van der Waals surface area contributed by atoms with Gasteiger partial charge >= 0.3 is 5.97 Å². The highest BCUT2D eigenvalue weighted by molar-refractivity contribution is 14.1. The number of aliphatic hydroxyl groups is 2. The number of hydrazine groups is 1. The van der Waals surface area contributed by atoms with Crippen LogP contribution in [0.15, 0.2) is 194 Å². The first-order valence-corrected chi connectivity index (χ1v) is 45.8. The number of aliphatic hydroxyl groups excluding tert-OH is 2. The summed E-state index contributed by atoms with van der Waals surface area (Å²) in [5, 5.41) is 62.6. The second-order valence-corrected chi connectivity index (χ2v) is 34.5. The number of Topliss-reactive ketones (excluding diaryl/α,β-unsaturated/α-hetero) is 3. The minimum absolute atomic E-state index is 0. The Kier molecular flexibility index (Phi) is 52.2. The smallest absolute Gasteiger partial charge is 0.302 e. The monoisotopic (exact) mass is 2250 g/mol. The molecule has 0 spiro atoms. The number of rotatable bonds is 18. The fraction of sp³-hybridized carbons (Fsp3) is 0.194. The van der Waals surface area contributed by atoms with Crippen molar-refractivity contribution in [3.8, 4) is 40.6 Å². The van der Waals surface area contributed by atoms with Crippen LogP contribution in [0.25, 0.3) is 28.4 Å². The lowest BCUT2D eigenvalue weighted by Gasteiger charge is -2.10. The average Bonchev–Trinajstić information content (AvgIpc) is 1.67. The van der Waals surface area contributed by atoms with Gasteiger partial charge in [-0.15, -0.1) is 12.4 Å². The molecule has 0 amide bonds. The van der Waals surface area contributed by atoms with E-state index in [1.54, 1.807) is 147 Å². The summed E-state index contributed by atoms with van der Waals surface area (Å²) < 4.78 is 40.5. The number of hydrogen-bond acceptors (Lipinski definition) is 19. The Morgan fingerprint density at radius 3 is 1.16 bits per heavy atom. The first kappa shape index (κ1) is 118. The molecule has 0 saturated heterocycles. The van der Waals surface area contributed by atoms with Crippen molar-refractivity contribution >= 4 is 238 Å². The number of anilines is 3. The molecule has 11 N–H and O–H groups in total. The lowest BCUT2D eigenvalue weighted by atomic mass is 10.0. The SMILES string of the molecule is CC(=O)CC#N.CC(=O)Cc1ccc(CO)c(F)c1.CCOC(C)=O.Cc1cc(C#N)n(-c2cccc(Cl)c2Cl)n1.Cc1cc(CCC(=O)Cc2ccc(CO)c(F)c2)n(-c2cccc(Cl)c2Cl)n1.Cc1cc(CN)n(-c2cccc(Cl)c2Cl)n1.Cc1cc(I)n(-c2cccc(Cl)c2Cl)n1.Cc1cc(N)n(-c2cccc(Cl)c2Cl)n1.Cl.NNc1cccc(Cl)c1Cl.Nc1cccc(Cl)c1Cl. The molecule has 0 aliphatic carbocycles. The summed E-state index contributed by atoms with van der Waals surface area (Å²) in [6.45, 7) is 15.6. The number of aryl methyl sites for hydroxylation is 6. The highest BCUT2D eigenvalue weighted by Crippen LogP contribution is 2.36. The third-order valence-electron chi connectivity index (χ3n) is 17.3. The number of halogens is 18. The van der Waals surface area contributed by atoms with Crippen LogP contribution in [-0.2, 0) is 62.9 Å². The minimum atomic E-state index is -0.503. The van der Waals surface area contributed by atoms with Gasteiger partial charge in [-0.3, -0.25) is 25.0 Å². The van der Waals surface area contributed by atoms with Crippen molar-refractivity contribution in [1.82, 2.24) is 48.9 Å². The Labute approximate surface area is 869 Å². The normalized spacial score (nSPS) is 10.1. The summed E-state index contributed by atoms with van der Waals surface area (Å²) in [4.78, 5) is 42.7. The van der Waals surface area contributed by atoms with Gasteiger partial charge in [0, 0.05) is 55.6 Å². The molecule has 0 atom stereocenters. The Morgan fingerprint density at radius 1 is 0.459 bits per heavy atom. The van der Waals surface area contributed by atoms with Gasteiger partial charge in [-0.25, -0.2) is 32.2 Å². The molecule has 714 valence electrons. The number of nitrogens with one attached hydrogen (secondary N) is 1. The highest BCUT2D eigenvalue weighted by atomic mass is 127. The summed E-state index contributed by atoms with van der Waals surface area (Å²) in [5.74, 6) is 4.40. The second kappa shape index (κ2) is 59.7. The number of esters is 1. The van der Waals surface area contributed by atoms with Crippen molar-refractivity contribution in [3.05, 3.63) is 348 Å². The van der Waals surface area contributed by atoms with Gasteiger partial charge in [-0.05, 0) is 217 Å². The third kappa shape index (κ3) is 37.5. The largest absolute Gasteiger partial charge is 0.466 e. The summed E-state index contributed by atoms with van der Waals surface area (Å²) in [5.41, 5.74) is 32.1. The number of nitriles is 2. The van der Waals surface area contributed by atoms with Crippen LogP contribution in [-0.4, -0.2) is 89.0 Å². The van der Waals surface area contributed by atoms with E-state index >= 15 is 0 Å². The predicted molar refractivity (Wildman–Crippen MR) is 553 cm³/mol. The maximum atomic E-state index is 13.8. The van der Waals surface area contributed by atoms with Crippen molar-refractivity contribution in [2.24, 2.45) is 11.6 Å². The van der Waals surface area contributed by atoms with E-state index in [9.17, 15) is 28.0 Å². The van der Waals surface area contributed by atoms with Crippen LogP contribution in [0.5, 0.6) is 0 Å². The molecule has 0 unspecified atom stereocenters. The van der Waals surface area contributed by atoms with Crippen LogP contribution < -0.4 is 28.5 Å². The van der Waals surface area contributed by atoms with Gasteiger partial charge in [0.2, 0.25) is 0 Å². The number of hydrogen-bond donors (Lipinski definition) is 7. The Balaban J connectivity index is 0.000000322. The topological polar surface area (TPSA) is 371 Å². The van der Waals surface area contributed by atoms with Crippen LogP contribution in [0.3, 0.4) is 0 Å². The molecule has 0 fully saturated rings. The lowest BCUT2D eigenvalue weighted by molar-refractivity contribution is -0.140. The highest BCUT2D eigenvalue weighted by Gasteiger charge is 2.19. The molecule has 14 aromatic rings. The maximum absolute atomic E-state index is 13.8. The number of aromatic nitrogens is 10. The third-order valence-corrected chi connectivity index (χ3v) is 23.7. The molecule has 9 aromatic carbocycles. The van der Waals surface area contributed by atoms with Gasteiger partial charge in [0.1, 0.15) is 50.3 Å². The van der Waals surface area contributed by atoms with E-state index < -0.39 is 11.6 Å². The van der Waals surface area contributed by atoms with Gasteiger partial charge in [-0.1, -0.05) is 229 Å². The molecule has 5 aromatic heterocycles. The molecular formula is C93H89Cl15F2IN17O7. The van der Waals surface area contributed by atoms with E-state index in [1.165, 1.54) is 49.7 Å². The first-order chi connectivity index (χ1) is 63.5. The number of nitrogen functional groups attached to an aromatic ring is 3. The minimum Gasteiger partial charge on any atom is -0.466 e. The van der Waals surface area contributed by atoms with Crippen LogP contribution in [0, 0.1) is 72.6 Å². The fourth-order valence-electron chi connectivity index (χ4n) is 11.2. The fourth-order valence-corrected chi connectivity index (χ4v) is 14.6. The lowest BCUT2D eigenvalue weighted by Crippen LogP contribution is -2.08. The number of nitrogens with zero attached hydrogens (tertiary/aromatic N) is 12. The Bertz CT molecular complexity index is 6330. The van der Waals surface area contributed by atoms with Gasteiger partial charge < -0.3 is 37.6 Å². The predicted octanol–water partition coefficient (Wildman–Crippen LogP) is 26.1. The van der Waals surface area contributed by atoms with Gasteiger partial charge in [0.15, 0.2) is 0 Å². The number of ketones is 3. The molecular weight excluding hydrogens is 2160 g/mol.